The van der Waals surface area contributed by atoms with Crippen LogP contribution in [0.25, 0.3) is 54.2 Å². The summed E-state index contributed by atoms with van der Waals surface area (Å²) in [6.45, 7) is 9.42. The lowest BCUT2D eigenvalue weighted by molar-refractivity contribution is 0.0305. The van der Waals surface area contributed by atoms with Crippen molar-refractivity contribution in [2.24, 2.45) is 0 Å². The Hall–Kier alpha value is -5.10. The van der Waals surface area contributed by atoms with Gasteiger partial charge in [-0.25, -0.2) is 0 Å². The van der Waals surface area contributed by atoms with Gasteiger partial charge in [0, 0.05) is 44.9 Å². The third kappa shape index (κ3) is 19.5. The number of fused-ring (bicyclic) bond motifs is 4. The minimum Gasteiger partial charge on any atom is -0.0654 e. The molecule has 0 fully saturated rings. The van der Waals surface area contributed by atoms with E-state index >= 15 is 0 Å². The molecule has 1 aliphatic rings. The quantitative estimate of drug-likeness (QED) is 0.0203. The molecule has 0 spiro atoms. The summed E-state index contributed by atoms with van der Waals surface area (Å²) in [6.07, 6.45) is 55.2. The Morgan fingerprint density at radius 3 is 1.01 bits per heavy atom. The number of allylic oxidation sites excluding steroid dienone is 2. The third-order valence-electron chi connectivity index (χ3n) is 26.3. The van der Waals surface area contributed by atoms with Gasteiger partial charge in [-0.05, 0) is 190 Å². The molecule has 0 heterocycles. The second kappa shape index (κ2) is 44.7. The first kappa shape index (κ1) is 85.8. The van der Waals surface area contributed by atoms with Crippen molar-refractivity contribution < 1.29 is 0 Å². The van der Waals surface area contributed by atoms with Gasteiger partial charge in [0.15, 0.2) is 0 Å². The topological polar surface area (TPSA) is 0 Å². The average molecular weight is 1730 g/mol. The lowest BCUT2D eigenvalue weighted by atomic mass is 9.28. The number of hydrogen-bond donors (Lipinski definition) is 0. The van der Waals surface area contributed by atoms with Crippen molar-refractivity contribution in [3.8, 4) is 0 Å². The van der Waals surface area contributed by atoms with Crippen LogP contribution in [-0.2, 0) is 21.7 Å². The van der Waals surface area contributed by atoms with Gasteiger partial charge >= 0.3 is 0 Å². The number of hydrogen-bond acceptors (Lipinski definition) is 0. The molecule has 4 heteroatoms. The van der Waals surface area contributed by atoms with E-state index < -0.39 is 21.7 Å². The maximum absolute atomic E-state index is 4.95. The molecule has 11 rings (SSSR count). The van der Waals surface area contributed by atoms with Gasteiger partial charge in [-0.3, -0.25) is 0 Å². The minimum absolute atomic E-state index is 0.636. The van der Waals surface area contributed by atoms with Crippen LogP contribution in [0.15, 0.2) is 224 Å². The SMILES string of the molecule is CCCCCCCCCCCCC1(c2ccccc2)C(c2ccccc2)=C(c2ccccc2)C(CCCCCCCCCCCC)(c2c(Br)c(Br)c(Br)c3c(Br)c4ccccc4cc23)C(CCCCCCCCCCCC)(c2cccc3cc4ccccc4cc23)C1(CCCCCCCCCCCC)c1ccccc1. The van der Waals surface area contributed by atoms with Crippen molar-refractivity contribution in [3.63, 3.8) is 0 Å². The normalized spacial score (nSPS) is 18.1. The van der Waals surface area contributed by atoms with Gasteiger partial charge in [-0.2, -0.15) is 0 Å². The third-order valence-corrected chi connectivity index (χ3v) is 30.5. The average Bonchev–Trinajstić information content (AvgIpc) is 0.632. The molecule has 0 aliphatic heterocycles. The maximum atomic E-state index is 4.95. The zero-order chi connectivity index (χ0) is 76.7. The maximum Gasteiger partial charge on any atom is 0.0469 e. The molecule has 0 nitrogen and oxygen atoms in total. The van der Waals surface area contributed by atoms with Gasteiger partial charge in [0.1, 0.15) is 0 Å². The molecule has 4 atom stereocenters. The highest BCUT2D eigenvalue weighted by Gasteiger charge is 2.76. The van der Waals surface area contributed by atoms with Crippen molar-refractivity contribution in [1.29, 1.82) is 0 Å². The van der Waals surface area contributed by atoms with Crippen LogP contribution in [0.3, 0.4) is 0 Å². The second-order valence-electron chi connectivity index (χ2n) is 33.4. The van der Waals surface area contributed by atoms with Gasteiger partial charge in [0.05, 0.1) is 0 Å². The first-order valence-corrected chi connectivity index (χ1v) is 47.9. The fourth-order valence-electron chi connectivity index (χ4n) is 21.2. The highest BCUT2D eigenvalue weighted by atomic mass is 79.9. The molecular formula is C106H134Br4. The monoisotopic (exact) mass is 1720 g/mol. The molecular weight excluding hydrogens is 1590 g/mol. The molecule has 4 unspecified atom stereocenters. The van der Waals surface area contributed by atoms with E-state index in [1.165, 1.54) is 312 Å². The van der Waals surface area contributed by atoms with E-state index in [2.05, 4.69) is 282 Å². The zero-order valence-corrected chi connectivity index (χ0v) is 74.6. The molecule has 0 radical (unpaired) electrons. The van der Waals surface area contributed by atoms with Crippen molar-refractivity contribution in [2.45, 2.75) is 332 Å². The van der Waals surface area contributed by atoms with Crippen LogP contribution in [0.4, 0.5) is 0 Å². The van der Waals surface area contributed by atoms with Gasteiger partial charge in [0.2, 0.25) is 0 Å². The summed E-state index contributed by atoms with van der Waals surface area (Å²) in [6, 6.07) is 84.4. The van der Waals surface area contributed by atoms with E-state index in [9.17, 15) is 0 Å². The Morgan fingerprint density at radius 1 is 0.227 bits per heavy atom. The Bertz CT molecular complexity index is 4400. The standard InChI is InChI=1S/C106H134Br4/c1-5-9-13-17-21-25-29-33-37-57-76-103(89-70-49-43-50-71-89)96(83-62-45-41-46-63-83)97(84-64-47-42-48-65-84)104(77-58-38-34-30-26-22-18-14-10-6-2,98-93-82-88-68-55-56-74-91(88)99(107)95(93)100(108)102(110)101(98)109)106(79-60-40-36-32-28-24-20-16-12-8-4,94-75-61-69-87-80-85-66-53-54-67-86(85)81-92(87)94)105(103,90-72-51-44-52-73-90)78-59-39-35-31-27-23-19-15-11-7-3/h41-56,61-75,80-82H,5-40,57-60,76-79H2,1-4H3. The molecule has 1 aliphatic carbocycles. The Kier molecular flexibility index (Phi) is 34.8. The van der Waals surface area contributed by atoms with Gasteiger partial charge in [-0.15, -0.1) is 0 Å². The molecule has 10 aromatic rings. The molecule has 0 saturated carbocycles. The smallest absolute Gasteiger partial charge is 0.0469 e. The van der Waals surface area contributed by atoms with Gasteiger partial charge in [0.25, 0.3) is 0 Å². The van der Waals surface area contributed by atoms with Crippen LogP contribution in [0.1, 0.15) is 344 Å². The molecule has 586 valence electrons. The fraction of sp³-hybridized carbons (Fsp3) is 0.491. The Labute approximate surface area is 701 Å². The lowest BCUT2D eigenvalue weighted by Gasteiger charge is -2.73. The predicted octanol–water partition coefficient (Wildman–Crippen LogP) is 36.3. The van der Waals surface area contributed by atoms with Crippen LogP contribution in [-0.4, -0.2) is 0 Å². The molecule has 110 heavy (non-hydrogen) atoms. The zero-order valence-electron chi connectivity index (χ0n) is 68.3. The van der Waals surface area contributed by atoms with E-state index in [4.69, 9.17) is 15.9 Å². The summed E-state index contributed by atoms with van der Waals surface area (Å²) < 4.78 is 4.46. The van der Waals surface area contributed by atoms with E-state index in [0.717, 1.165) is 75.7 Å². The minimum atomic E-state index is -0.800. The van der Waals surface area contributed by atoms with Crippen molar-refractivity contribution in [3.05, 3.63) is 258 Å². The van der Waals surface area contributed by atoms with Gasteiger partial charge < -0.3 is 0 Å². The number of halogens is 4. The molecule has 0 bridgehead atoms. The number of benzene rings is 10. The summed E-state index contributed by atoms with van der Waals surface area (Å²) >= 11 is 18.7. The number of rotatable bonds is 50. The van der Waals surface area contributed by atoms with Crippen LogP contribution < -0.4 is 0 Å². The van der Waals surface area contributed by atoms with Crippen molar-refractivity contribution in [1.82, 2.24) is 0 Å². The van der Waals surface area contributed by atoms with Crippen LogP contribution in [0.2, 0.25) is 0 Å². The Morgan fingerprint density at radius 2 is 0.555 bits per heavy atom. The van der Waals surface area contributed by atoms with Crippen LogP contribution >= 0.6 is 63.7 Å². The molecule has 10 aromatic carbocycles. The van der Waals surface area contributed by atoms with E-state index in [-0.39, 0.29) is 0 Å². The summed E-state index contributed by atoms with van der Waals surface area (Å²) in [5.74, 6) is 0. The van der Waals surface area contributed by atoms with Crippen LogP contribution in [0.5, 0.6) is 0 Å². The summed E-state index contributed by atoms with van der Waals surface area (Å²) in [4.78, 5) is 0. The summed E-state index contributed by atoms with van der Waals surface area (Å²) in [7, 11) is 0. The molecule has 0 amide bonds. The van der Waals surface area contributed by atoms with Crippen LogP contribution in [0, 0.1) is 0 Å². The highest BCUT2D eigenvalue weighted by molar-refractivity contribution is 9.14. The van der Waals surface area contributed by atoms with Crippen molar-refractivity contribution in [2.75, 3.05) is 0 Å². The van der Waals surface area contributed by atoms with E-state index in [0.29, 0.717) is 0 Å². The van der Waals surface area contributed by atoms with Gasteiger partial charge in [-0.1, -0.05) is 473 Å². The summed E-state index contributed by atoms with van der Waals surface area (Å²) in [5, 5.41) is 10.4. The fourth-order valence-corrected chi connectivity index (χ4v) is 24.3. The Balaban J connectivity index is 1.38. The summed E-state index contributed by atoms with van der Waals surface area (Å²) in [5.41, 5.74) is 8.89. The molecule has 0 saturated heterocycles. The lowest BCUT2D eigenvalue weighted by Crippen LogP contribution is -2.72. The molecule has 0 N–H and O–H groups in total. The first-order valence-electron chi connectivity index (χ1n) is 44.8. The highest BCUT2D eigenvalue weighted by Crippen LogP contribution is 2.80. The van der Waals surface area contributed by atoms with Crippen molar-refractivity contribution >= 4 is 118 Å². The molecule has 0 aromatic heterocycles. The number of unbranched alkanes of at least 4 members (excludes halogenated alkanes) is 36. The van der Waals surface area contributed by atoms with E-state index in [1.807, 2.05) is 0 Å². The first-order chi connectivity index (χ1) is 54.2. The second-order valence-corrected chi connectivity index (χ2v) is 36.6. The predicted molar refractivity (Wildman–Crippen MR) is 499 cm³/mol. The largest absolute Gasteiger partial charge is 0.0654 e. The van der Waals surface area contributed by atoms with E-state index in [1.54, 1.807) is 0 Å².